The van der Waals surface area contributed by atoms with Crippen LogP contribution in [0.1, 0.15) is 34.6 Å². The van der Waals surface area contributed by atoms with Gasteiger partial charge in [-0.15, -0.1) is 0 Å². The lowest BCUT2D eigenvalue weighted by molar-refractivity contribution is -0.216. The Bertz CT molecular complexity index is 620. The minimum absolute atomic E-state index is 0.0429. The van der Waals surface area contributed by atoms with Crippen molar-refractivity contribution in [3.8, 4) is 0 Å². The largest absolute Gasteiger partial charge is 0.508 e. The molecule has 1 aliphatic heterocycles. The first-order chi connectivity index (χ1) is 12.4. The SMILES string of the molecule is COC(=O)OC/C=C(\C)[C@H](O)[C@@H](C)[C@H](O)[C@@H](O)C1=C(C)C(=O)OC(C)(C)O1. The van der Waals surface area contributed by atoms with Crippen molar-refractivity contribution in [1.29, 1.82) is 0 Å². The van der Waals surface area contributed by atoms with Crippen LogP contribution in [0.3, 0.4) is 0 Å². The molecule has 0 saturated heterocycles. The van der Waals surface area contributed by atoms with Crippen molar-refractivity contribution < 1.29 is 43.9 Å². The third-order valence-corrected chi connectivity index (χ3v) is 4.24. The predicted octanol–water partition coefficient (Wildman–Crippen LogP) is 1.02. The quantitative estimate of drug-likeness (QED) is 0.432. The van der Waals surface area contributed by atoms with E-state index < -0.39 is 42.1 Å². The Kier molecular flexibility index (Phi) is 7.82. The van der Waals surface area contributed by atoms with Gasteiger partial charge in [-0.3, -0.25) is 0 Å². The van der Waals surface area contributed by atoms with Crippen molar-refractivity contribution in [3.63, 3.8) is 0 Å². The highest BCUT2D eigenvalue weighted by molar-refractivity contribution is 5.89. The Hall–Kier alpha value is -2.10. The fourth-order valence-corrected chi connectivity index (χ4v) is 2.51. The standard InChI is InChI=1S/C18H28O9/c1-9(7-8-25-17(23)24-6)12(19)10(2)13(20)14(21)15-11(3)16(22)27-18(4,5)26-15/h7,10,12-14,19-21H,8H2,1-6H3/b9-7+/t10-,12+,13+,14-/m1/s1. The van der Waals surface area contributed by atoms with E-state index in [1.54, 1.807) is 6.92 Å². The number of ether oxygens (including phenoxy) is 4. The molecule has 0 saturated carbocycles. The van der Waals surface area contributed by atoms with Crippen molar-refractivity contribution in [2.24, 2.45) is 5.92 Å². The highest BCUT2D eigenvalue weighted by Crippen LogP contribution is 2.31. The molecule has 0 fully saturated rings. The van der Waals surface area contributed by atoms with Gasteiger partial charge < -0.3 is 34.3 Å². The van der Waals surface area contributed by atoms with Crippen molar-refractivity contribution in [3.05, 3.63) is 23.0 Å². The maximum atomic E-state index is 11.9. The summed E-state index contributed by atoms with van der Waals surface area (Å²) in [5.41, 5.74) is 0.467. The van der Waals surface area contributed by atoms with Gasteiger partial charge in [-0.25, -0.2) is 9.59 Å². The van der Waals surface area contributed by atoms with Crippen molar-refractivity contribution in [2.45, 2.75) is 58.7 Å². The van der Waals surface area contributed by atoms with Gasteiger partial charge in [0, 0.05) is 19.8 Å². The normalized spacial score (nSPS) is 21.5. The van der Waals surface area contributed by atoms with Crippen LogP contribution in [-0.2, 0) is 23.7 Å². The molecule has 3 N–H and O–H groups in total. The molecule has 9 nitrogen and oxygen atoms in total. The second-order valence-corrected chi connectivity index (χ2v) is 6.83. The molecule has 4 atom stereocenters. The Morgan fingerprint density at radius 3 is 2.41 bits per heavy atom. The minimum atomic E-state index is -1.54. The molecule has 154 valence electrons. The molecule has 0 aliphatic carbocycles. The fourth-order valence-electron chi connectivity index (χ4n) is 2.51. The van der Waals surface area contributed by atoms with Crippen LogP contribution in [0.5, 0.6) is 0 Å². The van der Waals surface area contributed by atoms with Crippen molar-refractivity contribution in [1.82, 2.24) is 0 Å². The number of methoxy groups -OCH3 is 1. The number of esters is 1. The molecule has 0 aromatic rings. The van der Waals surface area contributed by atoms with Crippen LogP contribution < -0.4 is 0 Å². The molecule has 1 heterocycles. The van der Waals surface area contributed by atoms with Crippen molar-refractivity contribution >= 4 is 12.1 Å². The summed E-state index contributed by atoms with van der Waals surface area (Å²) in [5.74, 6) is -2.86. The molecule has 27 heavy (non-hydrogen) atoms. The van der Waals surface area contributed by atoms with E-state index in [1.807, 2.05) is 0 Å². The third kappa shape index (κ3) is 5.95. The zero-order valence-electron chi connectivity index (χ0n) is 16.4. The maximum absolute atomic E-state index is 11.9. The molecule has 9 heteroatoms. The summed E-state index contributed by atoms with van der Waals surface area (Å²) in [4.78, 5) is 22.8. The van der Waals surface area contributed by atoms with E-state index in [9.17, 15) is 24.9 Å². The summed E-state index contributed by atoms with van der Waals surface area (Å²) in [6.45, 7) is 7.42. The lowest BCUT2D eigenvalue weighted by Gasteiger charge is -2.37. The van der Waals surface area contributed by atoms with E-state index in [1.165, 1.54) is 40.9 Å². The second-order valence-electron chi connectivity index (χ2n) is 6.83. The van der Waals surface area contributed by atoms with Gasteiger partial charge >= 0.3 is 12.1 Å². The first kappa shape index (κ1) is 22.9. The molecule has 0 spiro atoms. The first-order valence-electron chi connectivity index (χ1n) is 8.46. The summed E-state index contributed by atoms with van der Waals surface area (Å²) in [7, 11) is 1.18. The first-order valence-corrected chi connectivity index (χ1v) is 8.46. The lowest BCUT2D eigenvalue weighted by atomic mass is 9.88. The average molecular weight is 388 g/mol. The van der Waals surface area contributed by atoms with Crippen LogP contribution in [0.25, 0.3) is 0 Å². The van der Waals surface area contributed by atoms with Crippen LogP contribution in [0, 0.1) is 5.92 Å². The number of aliphatic hydroxyl groups is 3. The van der Waals surface area contributed by atoms with E-state index in [-0.39, 0.29) is 17.9 Å². The molecule has 0 radical (unpaired) electrons. The molecule has 1 rings (SSSR count). The van der Waals surface area contributed by atoms with Crippen LogP contribution >= 0.6 is 0 Å². The van der Waals surface area contributed by atoms with Gasteiger partial charge in [0.25, 0.3) is 0 Å². The van der Waals surface area contributed by atoms with Crippen molar-refractivity contribution in [2.75, 3.05) is 13.7 Å². The van der Waals surface area contributed by atoms with Gasteiger partial charge in [0.2, 0.25) is 5.79 Å². The molecular weight excluding hydrogens is 360 g/mol. The monoisotopic (exact) mass is 388 g/mol. The predicted molar refractivity (Wildman–Crippen MR) is 93.3 cm³/mol. The average Bonchev–Trinajstić information content (AvgIpc) is 2.61. The van der Waals surface area contributed by atoms with Crippen LogP contribution in [0.15, 0.2) is 23.0 Å². The van der Waals surface area contributed by atoms with E-state index in [0.717, 1.165) is 0 Å². The summed E-state index contributed by atoms with van der Waals surface area (Å²) < 4.78 is 19.6. The molecular formula is C18H28O9. The summed E-state index contributed by atoms with van der Waals surface area (Å²) >= 11 is 0. The van der Waals surface area contributed by atoms with Gasteiger partial charge in [0.05, 0.1) is 24.9 Å². The highest BCUT2D eigenvalue weighted by atomic mass is 16.7. The van der Waals surface area contributed by atoms with E-state index in [0.29, 0.717) is 5.57 Å². The smallest absolute Gasteiger partial charge is 0.454 e. The van der Waals surface area contributed by atoms with Gasteiger partial charge in [0.15, 0.2) is 0 Å². The second kappa shape index (κ2) is 9.20. The number of carbonyl (C=O) groups is 2. The highest BCUT2D eigenvalue weighted by Gasteiger charge is 2.40. The summed E-state index contributed by atoms with van der Waals surface area (Å²) in [6, 6.07) is 0. The maximum Gasteiger partial charge on any atom is 0.508 e. The number of cyclic esters (lactones) is 1. The van der Waals surface area contributed by atoms with Crippen LogP contribution in [0.4, 0.5) is 4.79 Å². The zero-order chi connectivity index (χ0) is 20.9. The van der Waals surface area contributed by atoms with Crippen LogP contribution in [-0.4, -0.2) is 65.3 Å². The number of hydrogen-bond acceptors (Lipinski definition) is 9. The molecule has 0 unspecified atom stereocenters. The Balaban J connectivity index is 2.86. The Morgan fingerprint density at radius 2 is 1.85 bits per heavy atom. The Morgan fingerprint density at radius 1 is 1.26 bits per heavy atom. The van der Waals surface area contributed by atoms with Gasteiger partial charge in [-0.05, 0) is 25.5 Å². The van der Waals surface area contributed by atoms with E-state index in [2.05, 4.69) is 4.74 Å². The molecule has 0 amide bonds. The molecule has 1 aliphatic rings. The van der Waals surface area contributed by atoms with Gasteiger partial charge in [-0.2, -0.15) is 0 Å². The fraction of sp³-hybridized carbons (Fsp3) is 0.667. The third-order valence-electron chi connectivity index (χ3n) is 4.24. The number of aliphatic hydroxyl groups excluding tert-OH is 3. The minimum Gasteiger partial charge on any atom is -0.454 e. The van der Waals surface area contributed by atoms with Gasteiger partial charge in [-0.1, -0.05) is 6.92 Å². The van der Waals surface area contributed by atoms with E-state index >= 15 is 0 Å². The van der Waals surface area contributed by atoms with Crippen LogP contribution in [0.2, 0.25) is 0 Å². The lowest BCUT2D eigenvalue weighted by Crippen LogP contribution is -2.45. The molecule has 0 bridgehead atoms. The zero-order valence-corrected chi connectivity index (χ0v) is 16.4. The van der Waals surface area contributed by atoms with E-state index in [4.69, 9.17) is 14.2 Å². The molecule has 0 aromatic carbocycles. The summed E-state index contributed by atoms with van der Waals surface area (Å²) in [5, 5.41) is 31.3. The molecule has 0 aromatic heterocycles. The topological polar surface area (TPSA) is 132 Å². The Labute approximate surface area is 158 Å². The number of carbonyl (C=O) groups excluding carboxylic acids is 2. The number of hydrogen-bond donors (Lipinski definition) is 3. The van der Waals surface area contributed by atoms with Gasteiger partial charge in [0.1, 0.15) is 18.5 Å². The number of rotatable bonds is 7. The summed E-state index contributed by atoms with van der Waals surface area (Å²) in [6.07, 6.45) is -3.51.